The summed E-state index contributed by atoms with van der Waals surface area (Å²) in [6.07, 6.45) is 0. The van der Waals surface area contributed by atoms with Gasteiger partial charge in [-0.3, -0.25) is 10.1 Å². The van der Waals surface area contributed by atoms with Gasteiger partial charge in [0.2, 0.25) is 0 Å². The Kier molecular flexibility index (Phi) is 2.78. The number of nitrogens with zero attached hydrogens (tertiary/aromatic N) is 2. The van der Waals surface area contributed by atoms with Gasteiger partial charge in [0.25, 0.3) is 11.6 Å². The molecule has 0 saturated carbocycles. The molecule has 0 radical (unpaired) electrons. The van der Waals surface area contributed by atoms with Crippen LogP contribution in [0.1, 0.15) is 5.76 Å². The quantitative estimate of drug-likeness (QED) is 0.602. The third kappa shape index (κ3) is 1.84. The van der Waals surface area contributed by atoms with Gasteiger partial charge in [0, 0.05) is 6.07 Å². The summed E-state index contributed by atoms with van der Waals surface area (Å²) >= 11 is 0. The van der Waals surface area contributed by atoms with Gasteiger partial charge < -0.3 is 9.26 Å². The molecular formula is C11H10N2O4. The highest BCUT2D eigenvalue weighted by Gasteiger charge is 2.23. The SMILES string of the molecule is COc1noc(C)c1-c1ccccc1[N+](=O)[O-]. The van der Waals surface area contributed by atoms with Gasteiger partial charge in [-0.05, 0) is 18.1 Å². The van der Waals surface area contributed by atoms with E-state index >= 15 is 0 Å². The van der Waals surface area contributed by atoms with Gasteiger partial charge >= 0.3 is 0 Å². The maximum atomic E-state index is 10.9. The molecule has 1 aromatic carbocycles. The Morgan fingerprint density at radius 1 is 1.41 bits per heavy atom. The van der Waals surface area contributed by atoms with Crippen LogP contribution in [-0.4, -0.2) is 17.2 Å². The maximum absolute atomic E-state index is 10.9. The topological polar surface area (TPSA) is 78.4 Å². The average Bonchev–Trinajstić information content (AvgIpc) is 2.70. The number of rotatable bonds is 3. The van der Waals surface area contributed by atoms with Crippen molar-refractivity contribution in [1.29, 1.82) is 0 Å². The number of aryl methyl sites for hydroxylation is 1. The first-order valence-electron chi connectivity index (χ1n) is 4.89. The molecule has 0 saturated heterocycles. The highest BCUT2D eigenvalue weighted by Crippen LogP contribution is 2.37. The Bertz CT molecular complexity index is 562. The first-order chi connectivity index (χ1) is 8.15. The predicted molar refractivity (Wildman–Crippen MR) is 59.9 cm³/mol. The number of nitro benzene ring substituents is 1. The van der Waals surface area contributed by atoms with E-state index in [4.69, 9.17) is 9.26 Å². The first kappa shape index (κ1) is 11.1. The molecule has 0 N–H and O–H groups in total. The van der Waals surface area contributed by atoms with Crippen molar-refractivity contribution in [2.45, 2.75) is 6.92 Å². The number of nitro groups is 1. The molecule has 1 heterocycles. The van der Waals surface area contributed by atoms with E-state index in [2.05, 4.69) is 5.16 Å². The minimum atomic E-state index is -0.443. The molecule has 0 amide bonds. The molecule has 2 aromatic rings. The molecule has 0 aliphatic rings. The summed E-state index contributed by atoms with van der Waals surface area (Å²) in [6.45, 7) is 1.68. The third-order valence-corrected chi connectivity index (χ3v) is 2.39. The van der Waals surface area contributed by atoms with Crippen LogP contribution in [0.15, 0.2) is 28.8 Å². The van der Waals surface area contributed by atoms with Crippen molar-refractivity contribution in [3.63, 3.8) is 0 Å². The lowest BCUT2D eigenvalue weighted by molar-refractivity contribution is -0.384. The van der Waals surface area contributed by atoms with Crippen LogP contribution in [0.4, 0.5) is 5.69 Å². The van der Waals surface area contributed by atoms with Gasteiger partial charge in [-0.2, -0.15) is 0 Å². The van der Waals surface area contributed by atoms with E-state index in [1.165, 1.54) is 13.2 Å². The molecule has 0 spiro atoms. The van der Waals surface area contributed by atoms with Crippen molar-refractivity contribution >= 4 is 5.69 Å². The lowest BCUT2D eigenvalue weighted by Gasteiger charge is -2.02. The molecule has 0 fully saturated rings. The van der Waals surface area contributed by atoms with E-state index in [0.29, 0.717) is 16.9 Å². The van der Waals surface area contributed by atoms with Crippen LogP contribution in [0.2, 0.25) is 0 Å². The summed E-state index contributed by atoms with van der Waals surface area (Å²) in [6, 6.07) is 6.40. The summed E-state index contributed by atoms with van der Waals surface area (Å²) < 4.78 is 10.0. The zero-order valence-corrected chi connectivity index (χ0v) is 9.34. The van der Waals surface area contributed by atoms with Gasteiger partial charge in [-0.25, -0.2) is 0 Å². The number of ether oxygens (including phenoxy) is 1. The largest absolute Gasteiger partial charge is 0.478 e. The van der Waals surface area contributed by atoms with Gasteiger partial charge in [0.05, 0.1) is 23.2 Å². The molecule has 17 heavy (non-hydrogen) atoms. The van der Waals surface area contributed by atoms with Crippen LogP contribution in [-0.2, 0) is 0 Å². The van der Waals surface area contributed by atoms with Crippen molar-refractivity contribution in [2.75, 3.05) is 7.11 Å². The van der Waals surface area contributed by atoms with Gasteiger partial charge in [-0.15, -0.1) is 0 Å². The molecule has 0 aliphatic heterocycles. The molecule has 0 atom stereocenters. The Balaban J connectivity index is 2.68. The minimum absolute atomic E-state index is 0.00269. The number of methoxy groups -OCH3 is 1. The van der Waals surface area contributed by atoms with Gasteiger partial charge in [0.1, 0.15) is 5.76 Å². The second-order valence-corrected chi connectivity index (χ2v) is 3.40. The molecule has 0 unspecified atom stereocenters. The molecule has 6 heteroatoms. The second-order valence-electron chi connectivity index (χ2n) is 3.40. The summed E-state index contributed by atoms with van der Waals surface area (Å²) in [5, 5.41) is 14.6. The van der Waals surface area contributed by atoms with Crippen molar-refractivity contribution in [3.05, 3.63) is 40.1 Å². The zero-order valence-electron chi connectivity index (χ0n) is 9.34. The number of hydrogen-bond acceptors (Lipinski definition) is 5. The smallest absolute Gasteiger partial charge is 0.277 e. The Morgan fingerprint density at radius 3 is 2.76 bits per heavy atom. The molecule has 0 aliphatic carbocycles. The summed E-state index contributed by atoms with van der Waals surface area (Å²) in [4.78, 5) is 10.5. The normalized spacial score (nSPS) is 10.2. The Labute approximate surface area is 97.0 Å². The fourth-order valence-corrected chi connectivity index (χ4v) is 1.64. The Morgan fingerprint density at radius 2 is 2.12 bits per heavy atom. The van der Waals surface area contributed by atoms with Crippen LogP contribution in [0.5, 0.6) is 5.88 Å². The van der Waals surface area contributed by atoms with E-state index in [9.17, 15) is 10.1 Å². The van der Waals surface area contributed by atoms with Crippen LogP contribution >= 0.6 is 0 Å². The molecule has 88 valence electrons. The molecule has 0 bridgehead atoms. The monoisotopic (exact) mass is 234 g/mol. The van der Waals surface area contributed by atoms with E-state index < -0.39 is 4.92 Å². The highest BCUT2D eigenvalue weighted by atomic mass is 16.6. The van der Waals surface area contributed by atoms with Crippen molar-refractivity contribution < 1.29 is 14.2 Å². The van der Waals surface area contributed by atoms with Crippen molar-refractivity contribution in [3.8, 4) is 17.0 Å². The molecule has 6 nitrogen and oxygen atoms in total. The van der Waals surface area contributed by atoms with Gasteiger partial charge in [-0.1, -0.05) is 12.1 Å². The Hall–Kier alpha value is -2.37. The van der Waals surface area contributed by atoms with E-state index in [1.807, 2.05) is 0 Å². The van der Waals surface area contributed by atoms with Crippen LogP contribution in [0, 0.1) is 17.0 Å². The molecule has 1 aromatic heterocycles. The standard InChI is InChI=1S/C11H10N2O4/c1-7-10(11(16-2)12-17-7)8-5-3-4-6-9(8)13(14)15/h3-6H,1-2H3. The van der Waals surface area contributed by atoms with Crippen LogP contribution in [0.25, 0.3) is 11.1 Å². The number of benzene rings is 1. The summed E-state index contributed by atoms with van der Waals surface area (Å²) in [7, 11) is 1.44. The minimum Gasteiger partial charge on any atom is -0.478 e. The maximum Gasteiger partial charge on any atom is 0.277 e. The van der Waals surface area contributed by atoms with E-state index in [0.717, 1.165) is 0 Å². The third-order valence-electron chi connectivity index (χ3n) is 2.39. The predicted octanol–water partition coefficient (Wildman–Crippen LogP) is 2.57. The van der Waals surface area contributed by atoms with E-state index in [1.54, 1.807) is 25.1 Å². The number of aromatic nitrogens is 1. The number of hydrogen-bond donors (Lipinski definition) is 0. The second kappa shape index (κ2) is 4.25. The average molecular weight is 234 g/mol. The number of para-hydroxylation sites is 1. The highest BCUT2D eigenvalue weighted by molar-refractivity contribution is 5.78. The lowest BCUT2D eigenvalue weighted by atomic mass is 10.0. The summed E-state index contributed by atoms with van der Waals surface area (Å²) in [5.74, 6) is 0.730. The zero-order chi connectivity index (χ0) is 12.4. The molecule has 2 rings (SSSR count). The van der Waals surface area contributed by atoms with Crippen LogP contribution in [0.3, 0.4) is 0 Å². The van der Waals surface area contributed by atoms with Gasteiger partial charge in [0.15, 0.2) is 0 Å². The van der Waals surface area contributed by atoms with Crippen LogP contribution < -0.4 is 4.74 Å². The fraction of sp³-hybridized carbons (Fsp3) is 0.182. The first-order valence-corrected chi connectivity index (χ1v) is 4.89. The summed E-state index contributed by atoms with van der Waals surface area (Å²) in [5.41, 5.74) is 0.949. The van der Waals surface area contributed by atoms with E-state index in [-0.39, 0.29) is 11.6 Å². The fourth-order valence-electron chi connectivity index (χ4n) is 1.64. The molecular weight excluding hydrogens is 224 g/mol. The van der Waals surface area contributed by atoms with Crippen molar-refractivity contribution in [2.24, 2.45) is 0 Å². The lowest BCUT2D eigenvalue weighted by Crippen LogP contribution is -1.93. The van der Waals surface area contributed by atoms with Crippen molar-refractivity contribution in [1.82, 2.24) is 5.16 Å².